The van der Waals surface area contributed by atoms with Crippen molar-refractivity contribution >= 4 is 29.0 Å². The van der Waals surface area contributed by atoms with Crippen LogP contribution in [0.25, 0.3) is 0 Å². The van der Waals surface area contributed by atoms with E-state index >= 15 is 0 Å². The van der Waals surface area contributed by atoms with Crippen LogP contribution in [0.5, 0.6) is 5.75 Å². The Morgan fingerprint density at radius 2 is 2.26 bits per heavy atom. The molecular weight excluding hydrogens is 318 g/mol. The van der Waals surface area contributed by atoms with E-state index in [2.05, 4.69) is 5.32 Å². The molecule has 1 aromatic rings. The molecule has 0 spiro atoms. The van der Waals surface area contributed by atoms with Gasteiger partial charge >= 0.3 is 0 Å². The quantitative estimate of drug-likeness (QED) is 0.582. The first-order valence-electron chi connectivity index (χ1n) is 7.94. The zero-order valence-corrected chi connectivity index (χ0v) is 14.0. The van der Waals surface area contributed by atoms with Crippen molar-refractivity contribution in [3.05, 3.63) is 23.8 Å². The van der Waals surface area contributed by atoms with Crippen LogP contribution in [0.15, 0.2) is 18.2 Å². The third-order valence-corrected chi connectivity index (χ3v) is 3.89. The Balaban J connectivity index is 2.12. The lowest BCUT2D eigenvalue weighted by atomic mass is 10.1. The summed E-state index contributed by atoms with van der Waals surface area (Å²) in [6.45, 7) is 2.92. The number of hydrogen-bond donors (Lipinski definition) is 1. The minimum Gasteiger partial charge on any atom is -0.492 e. The van der Waals surface area contributed by atoms with Crippen molar-refractivity contribution in [2.45, 2.75) is 38.7 Å². The molecular formula is C17H22ClNO4. The van der Waals surface area contributed by atoms with Crippen LogP contribution in [-0.4, -0.2) is 36.9 Å². The Hall–Kier alpha value is -1.59. The molecule has 1 N–H and O–H groups in total. The van der Waals surface area contributed by atoms with Gasteiger partial charge in [-0.25, -0.2) is 0 Å². The first-order valence-corrected chi connectivity index (χ1v) is 8.47. The summed E-state index contributed by atoms with van der Waals surface area (Å²) in [4.78, 5) is 24.2. The maximum absolute atomic E-state index is 12.2. The van der Waals surface area contributed by atoms with Gasteiger partial charge in [-0.2, -0.15) is 0 Å². The van der Waals surface area contributed by atoms with Crippen LogP contribution in [0.4, 0.5) is 5.69 Å². The summed E-state index contributed by atoms with van der Waals surface area (Å²) in [7, 11) is 0. The molecule has 1 heterocycles. The lowest BCUT2D eigenvalue weighted by molar-refractivity contribution is -0.124. The molecule has 1 aliphatic heterocycles. The molecule has 23 heavy (non-hydrogen) atoms. The SMILES string of the molecule is CCOc1cc(C(=O)CCCCl)ccc1NC(=O)C1CCCO1. The van der Waals surface area contributed by atoms with Gasteiger partial charge in [0.1, 0.15) is 11.9 Å². The van der Waals surface area contributed by atoms with E-state index in [4.69, 9.17) is 21.1 Å². The van der Waals surface area contributed by atoms with Crippen LogP contribution >= 0.6 is 11.6 Å². The van der Waals surface area contributed by atoms with Gasteiger partial charge in [-0.15, -0.1) is 11.6 Å². The highest BCUT2D eigenvalue weighted by Gasteiger charge is 2.24. The Bertz CT molecular complexity index is 556. The third kappa shape index (κ3) is 4.94. The van der Waals surface area contributed by atoms with Crippen LogP contribution in [0, 0.1) is 0 Å². The first-order chi connectivity index (χ1) is 11.2. The lowest BCUT2D eigenvalue weighted by Crippen LogP contribution is -2.27. The largest absolute Gasteiger partial charge is 0.492 e. The number of anilines is 1. The molecule has 0 bridgehead atoms. The van der Waals surface area contributed by atoms with Crippen molar-refractivity contribution in [1.29, 1.82) is 0 Å². The molecule has 5 nitrogen and oxygen atoms in total. The fourth-order valence-electron chi connectivity index (χ4n) is 2.44. The molecule has 1 saturated heterocycles. The van der Waals surface area contributed by atoms with Crippen molar-refractivity contribution in [3.8, 4) is 5.75 Å². The predicted octanol–water partition coefficient (Wildman–Crippen LogP) is 3.40. The predicted molar refractivity (Wildman–Crippen MR) is 89.5 cm³/mol. The van der Waals surface area contributed by atoms with Gasteiger partial charge < -0.3 is 14.8 Å². The molecule has 1 unspecified atom stereocenters. The molecule has 0 radical (unpaired) electrons. The number of nitrogens with one attached hydrogen (secondary N) is 1. The van der Waals surface area contributed by atoms with Gasteiger partial charge in [0.15, 0.2) is 5.78 Å². The molecule has 1 aromatic carbocycles. The van der Waals surface area contributed by atoms with Crippen LogP contribution in [0.3, 0.4) is 0 Å². The summed E-state index contributed by atoms with van der Waals surface area (Å²) in [5, 5.41) is 2.83. The Labute approximate surface area is 141 Å². The molecule has 0 aromatic heterocycles. The topological polar surface area (TPSA) is 64.6 Å². The van der Waals surface area contributed by atoms with Gasteiger partial charge in [0.2, 0.25) is 0 Å². The first kappa shape index (κ1) is 17.8. The summed E-state index contributed by atoms with van der Waals surface area (Å²) in [5.41, 5.74) is 1.12. The summed E-state index contributed by atoms with van der Waals surface area (Å²) in [6.07, 6.45) is 2.25. The second kappa shape index (κ2) is 8.89. The molecule has 1 fully saturated rings. The van der Waals surface area contributed by atoms with Crippen LogP contribution in [0.2, 0.25) is 0 Å². The van der Waals surface area contributed by atoms with E-state index < -0.39 is 6.10 Å². The monoisotopic (exact) mass is 339 g/mol. The number of alkyl halides is 1. The maximum Gasteiger partial charge on any atom is 0.253 e. The highest BCUT2D eigenvalue weighted by Crippen LogP contribution is 2.28. The van der Waals surface area contributed by atoms with Crippen LogP contribution in [-0.2, 0) is 9.53 Å². The summed E-state index contributed by atoms with van der Waals surface area (Å²) in [6, 6.07) is 5.07. The van der Waals surface area contributed by atoms with Gasteiger partial charge in [-0.05, 0) is 44.4 Å². The number of ether oxygens (including phenoxy) is 2. The van der Waals surface area contributed by atoms with Crippen molar-refractivity contribution in [2.24, 2.45) is 0 Å². The highest BCUT2D eigenvalue weighted by atomic mass is 35.5. The number of amides is 1. The molecule has 0 saturated carbocycles. The lowest BCUT2D eigenvalue weighted by Gasteiger charge is -2.15. The molecule has 6 heteroatoms. The minimum atomic E-state index is -0.408. The minimum absolute atomic E-state index is 0.0172. The zero-order valence-electron chi connectivity index (χ0n) is 13.3. The van der Waals surface area contributed by atoms with E-state index in [-0.39, 0.29) is 11.7 Å². The summed E-state index contributed by atoms with van der Waals surface area (Å²) in [5.74, 6) is 0.795. The average Bonchev–Trinajstić information content (AvgIpc) is 3.09. The van der Waals surface area contributed by atoms with E-state index in [1.165, 1.54) is 0 Å². The van der Waals surface area contributed by atoms with Crippen molar-refractivity contribution in [2.75, 3.05) is 24.4 Å². The number of ketones is 1. The molecule has 2 rings (SSSR count). The summed E-state index contributed by atoms with van der Waals surface area (Å²) >= 11 is 5.62. The standard InChI is InChI=1S/C17H22ClNO4/c1-2-22-16-11-12(14(20)5-3-9-18)7-8-13(16)19-17(21)15-6-4-10-23-15/h7-8,11,15H,2-6,9-10H2,1H3,(H,19,21). The molecule has 1 amide bonds. The fraction of sp³-hybridized carbons (Fsp3) is 0.529. The van der Waals surface area contributed by atoms with Gasteiger partial charge in [0, 0.05) is 24.5 Å². The fourth-order valence-corrected chi connectivity index (χ4v) is 2.58. The number of rotatable bonds is 8. The number of hydrogen-bond acceptors (Lipinski definition) is 4. The number of carbonyl (C=O) groups is 2. The second-order valence-electron chi connectivity index (χ2n) is 5.35. The van der Waals surface area contributed by atoms with Gasteiger partial charge in [0.05, 0.1) is 12.3 Å². The van der Waals surface area contributed by atoms with Crippen LogP contribution < -0.4 is 10.1 Å². The van der Waals surface area contributed by atoms with Crippen molar-refractivity contribution in [3.63, 3.8) is 0 Å². The number of benzene rings is 1. The average molecular weight is 340 g/mol. The van der Waals surface area contributed by atoms with E-state index in [9.17, 15) is 9.59 Å². The smallest absolute Gasteiger partial charge is 0.253 e. The normalized spacial score (nSPS) is 17.0. The van der Waals surface area contributed by atoms with Gasteiger partial charge in [0.25, 0.3) is 5.91 Å². The number of carbonyl (C=O) groups excluding carboxylic acids is 2. The van der Waals surface area contributed by atoms with Crippen molar-refractivity contribution < 1.29 is 19.1 Å². The molecule has 1 aliphatic rings. The third-order valence-electron chi connectivity index (χ3n) is 3.62. The Kier molecular flexibility index (Phi) is 6.86. The summed E-state index contributed by atoms with van der Waals surface area (Å²) < 4.78 is 10.9. The Morgan fingerprint density at radius 1 is 1.43 bits per heavy atom. The van der Waals surface area contributed by atoms with Crippen molar-refractivity contribution in [1.82, 2.24) is 0 Å². The highest BCUT2D eigenvalue weighted by molar-refractivity contribution is 6.18. The van der Waals surface area contributed by atoms with Gasteiger partial charge in [-0.3, -0.25) is 9.59 Å². The Morgan fingerprint density at radius 3 is 2.91 bits per heavy atom. The van der Waals surface area contributed by atoms with E-state index in [1.54, 1.807) is 18.2 Å². The molecule has 0 aliphatic carbocycles. The second-order valence-corrected chi connectivity index (χ2v) is 5.73. The maximum atomic E-state index is 12.2. The molecule has 1 atom stereocenters. The number of halogens is 1. The van der Waals surface area contributed by atoms with E-state index in [0.29, 0.717) is 48.9 Å². The molecule has 126 valence electrons. The van der Waals surface area contributed by atoms with Gasteiger partial charge in [-0.1, -0.05) is 0 Å². The van der Waals surface area contributed by atoms with E-state index in [1.807, 2.05) is 6.92 Å². The van der Waals surface area contributed by atoms with Crippen LogP contribution in [0.1, 0.15) is 43.0 Å². The van der Waals surface area contributed by atoms with E-state index in [0.717, 1.165) is 12.8 Å². The number of Topliss-reactive ketones (excluding diaryl/α,β-unsaturated/α-hetero) is 1. The zero-order chi connectivity index (χ0) is 16.7.